The molecule has 1 heterocycles. The van der Waals surface area contributed by atoms with Gasteiger partial charge in [0, 0.05) is 29.7 Å². The number of benzene rings is 1. The highest BCUT2D eigenvalue weighted by Gasteiger charge is 2.05. The molecule has 96 valence electrons. The van der Waals surface area contributed by atoms with Crippen molar-refractivity contribution in [3.05, 3.63) is 30.6 Å². The number of nitrogens with zero attached hydrogens (tertiary/aromatic N) is 1. The maximum absolute atomic E-state index is 9.50. The number of nitrogens with one attached hydrogen (secondary N) is 1. The molecule has 4 nitrogen and oxygen atoms in total. The number of hydrogen-bond donors (Lipinski definition) is 3. The van der Waals surface area contributed by atoms with Crippen molar-refractivity contribution in [1.29, 1.82) is 0 Å². The number of nitrogen functional groups attached to an aromatic ring is 1. The van der Waals surface area contributed by atoms with Gasteiger partial charge < -0.3 is 16.2 Å². The fourth-order valence-corrected chi connectivity index (χ4v) is 1.92. The lowest BCUT2D eigenvalue weighted by molar-refractivity contribution is 0.164. The Morgan fingerprint density at radius 3 is 3.00 bits per heavy atom. The monoisotopic (exact) mass is 245 g/mol. The van der Waals surface area contributed by atoms with Crippen LogP contribution in [0.5, 0.6) is 0 Å². The first kappa shape index (κ1) is 12.6. The zero-order valence-corrected chi connectivity index (χ0v) is 10.6. The molecule has 0 spiro atoms. The number of pyridine rings is 1. The molecule has 0 saturated carbocycles. The molecule has 0 aliphatic rings. The lowest BCUT2D eigenvalue weighted by Gasteiger charge is -2.13. The summed E-state index contributed by atoms with van der Waals surface area (Å²) in [6.07, 6.45) is 4.80. The van der Waals surface area contributed by atoms with Gasteiger partial charge in [0.15, 0.2) is 0 Å². The first-order valence-corrected chi connectivity index (χ1v) is 6.26. The van der Waals surface area contributed by atoms with Crippen LogP contribution in [0.25, 0.3) is 10.8 Å². The van der Waals surface area contributed by atoms with Crippen LogP contribution in [0.2, 0.25) is 0 Å². The Morgan fingerprint density at radius 1 is 1.39 bits per heavy atom. The van der Waals surface area contributed by atoms with E-state index in [2.05, 4.69) is 10.3 Å². The van der Waals surface area contributed by atoms with Crippen molar-refractivity contribution in [2.75, 3.05) is 17.6 Å². The van der Waals surface area contributed by atoms with Gasteiger partial charge in [0.05, 0.1) is 17.5 Å². The lowest BCUT2D eigenvalue weighted by atomic mass is 10.1. The van der Waals surface area contributed by atoms with E-state index < -0.39 is 0 Å². The molecule has 2 rings (SSSR count). The normalized spacial score (nSPS) is 12.6. The second-order valence-corrected chi connectivity index (χ2v) is 4.40. The van der Waals surface area contributed by atoms with E-state index in [4.69, 9.17) is 5.73 Å². The molecule has 4 N–H and O–H groups in total. The molecule has 1 aromatic heterocycles. The Bertz CT molecular complexity index is 527. The Labute approximate surface area is 107 Å². The summed E-state index contributed by atoms with van der Waals surface area (Å²) in [6.45, 7) is 2.69. The van der Waals surface area contributed by atoms with Crippen LogP contribution in [0.15, 0.2) is 30.6 Å². The van der Waals surface area contributed by atoms with Crippen LogP contribution in [-0.2, 0) is 0 Å². The number of fused-ring (bicyclic) bond motifs is 1. The molecule has 1 aromatic carbocycles. The third-order valence-electron chi connectivity index (χ3n) is 3.13. The van der Waals surface area contributed by atoms with Gasteiger partial charge in [-0.25, -0.2) is 0 Å². The molecule has 0 radical (unpaired) electrons. The van der Waals surface area contributed by atoms with E-state index in [1.54, 1.807) is 12.4 Å². The fourth-order valence-electron chi connectivity index (χ4n) is 1.92. The minimum Gasteiger partial charge on any atom is -0.397 e. The van der Waals surface area contributed by atoms with Crippen LogP contribution >= 0.6 is 0 Å². The van der Waals surface area contributed by atoms with Crippen LogP contribution in [-0.4, -0.2) is 22.7 Å². The number of rotatable bonds is 5. The third-order valence-corrected chi connectivity index (χ3v) is 3.13. The Balaban J connectivity index is 2.12. The van der Waals surface area contributed by atoms with Gasteiger partial charge in [0.25, 0.3) is 0 Å². The van der Waals surface area contributed by atoms with Crippen molar-refractivity contribution in [1.82, 2.24) is 4.98 Å². The highest BCUT2D eigenvalue weighted by Crippen LogP contribution is 2.27. The standard InChI is InChI=1S/C14H19N3O/c1-2-11(18)5-8-17-13-4-3-10-9-16-7-6-12(10)14(13)15/h3-4,6-7,9,11,17-18H,2,5,8,15H2,1H3. The molecule has 0 aliphatic carbocycles. The summed E-state index contributed by atoms with van der Waals surface area (Å²) in [5.41, 5.74) is 7.77. The zero-order chi connectivity index (χ0) is 13.0. The molecule has 0 fully saturated rings. The summed E-state index contributed by atoms with van der Waals surface area (Å²) in [5.74, 6) is 0. The summed E-state index contributed by atoms with van der Waals surface area (Å²) in [4.78, 5) is 4.07. The SMILES string of the molecule is CCC(O)CCNc1ccc2cnccc2c1N. The van der Waals surface area contributed by atoms with Crippen molar-refractivity contribution in [3.8, 4) is 0 Å². The van der Waals surface area contributed by atoms with Crippen LogP contribution in [0.3, 0.4) is 0 Å². The number of anilines is 2. The summed E-state index contributed by atoms with van der Waals surface area (Å²) < 4.78 is 0. The van der Waals surface area contributed by atoms with Crippen LogP contribution < -0.4 is 11.1 Å². The highest BCUT2D eigenvalue weighted by atomic mass is 16.3. The topological polar surface area (TPSA) is 71.2 Å². The number of aromatic nitrogens is 1. The van der Waals surface area contributed by atoms with Crippen molar-refractivity contribution < 1.29 is 5.11 Å². The van der Waals surface area contributed by atoms with E-state index in [-0.39, 0.29) is 6.10 Å². The average Bonchev–Trinajstić information content (AvgIpc) is 2.41. The van der Waals surface area contributed by atoms with Gasteiger partial charge in [-0.15, -0.1) is 0 Å². The molecule has 1 unspecified atom stereocenters. The van der Waals surface area contributed by atoms with Gasteiger partial charge in [-0.05, 0) is 25.0 Å². The minimum absolute atomic E-state index is 0.247. The molecule has 0 saturated heterocycles. The van der Waals surface area contributed by atoms with Crippen molar-refractivity contribution in [2.45, 2.75) is 25.9 Å². The molecule has 0 aliphatic heterocycles. The molecule has 0 amide bonds. The van der Waals surface area contributed by atoms with Crippen molar-refractivity contribution in [3.63, 3.8) is 0 Å². The van der Waals surface area contributed by atoms with E-state index in [1.165, 1.54) is 0 Å². The van der Waals surface area contributed by atoms with E-state index in [9.17, 15) is 5.11 Å². The molecule has 0 bridgehead atoms. The quantitative estimate of drug-likeness (QED) is 0.707. The lowest BCUT2D eigenvalue weighted by Crippen LogP contribution is -2.13. The fraction of sp³-hybridized carbons (Fsp3) is 0.357. The molecule has 4 heteroatoms. The molecule has 1 atom stereocenters. The van der Waals surface area contributed by atoms with Gasteiger partial charge >= 0.3 is 0 Å². The first-order valence-electron chi connectivity index (χ1n) is 6.26. The van der Waals surface area contributed by atoms with E-state index in [0.717, 1.165) is 41.5 Å². The van der Waals surface area contributed by atoms with Crippen molar-refractivity contribution in [2.24, 2.45) is 0 Å². The summed E-state index contributed by atoms with van der Waals surface area (Å²) in [7, 11) is 0. The number of aliphatic hydroxyl groups is 1. The molecule has 2 aromatic rings. The number of hydrogen-bond acceptors (Lipinski definition) is 4. The Kier molecular flexibility index (Phi) is 3.99. The van der Waals surface area contributed by atoms with Gasteiger partial charge in [-0.2, -0.15) is 0 Å². The largest absolute Gasteiger partial charge is 0.397 e. The zero-order valence-electron chi connectivity index (χ0n) is 10.6. The van der Waals surface area contributed by atoms with Gasteiger partial charge in [-0.3, -0.25) is 4.98 Å². The second-order valence-electron chi connectivity index (χ2n) is 4.40. The predicted molar refractivity (Wildman–Crippen MR) is 75.6 cm³/mol. The second kappa shape index (κ2) is 5.69. The van der Waals surface area contributed by atoms with E-state index >= 15 is 0 Å². The first-order chi connectivity index (χ1) is 8.72. The highest BCUT2D eigenvalue weighted by molar-refractivity contribution is 5.98. The van der Waals surface area contributed by atoms with Gasteiger partial charge in [0.1, 0.15) is 0 Å². The summed E-state index contributed by atoms with van der Waals surface area (Å²) in [6, 6.07) is 5.87. The number of aliphatic hydroxyl groups excluding tert-OH is 1. The van der Waals surface area contributed by atoms with E-state index in [0.29, 0.717) is 0 Å². The van der Waals surface area contributed by atoms with Crippen molar-refractivity contribution >= 4 is 22.1 Å². The van der Waals surface area contributed by atoms with Crippen LogP contribution in [0.4, 0.5) is 11.4 Å². The Morgan fingerprint density at radius 2 is 2.22 bits per heavy atom. The third kappa shape index (κ3) is 2.71. The Hall–Kier alpha value is -1.81. The van der Waals surface area contributed by atoms with Crippen LogP contribution in [0.1, 0.15) is 19.8 Å². The molecular weight excluding hydrogens is 226 g/mol. The number of nitrogens with two attached hydrogens (primary N) is 1. The van der Waals surface area contributed by atoms with Gasteiger partial charge in [-0.1, -0.05) is 13.0 Å². The van der Waals surface area contributed by atoms with Crippen LogP contribution in [0, 0.1) is 0 Å². The average molecular weight is 245 g/mol. The smallest absolute Gasteiger partial charge is 0.0630 e. The maximum atomic E-state index is 9.50. The predicted octanol–water partition coefficient (Wildman–Crippen LogP) is 2.39. The summed E-state index contributed by atoms with van der Waals surface area (Å²) in [5, 5.41) is 14.8. The minimum atomic E-state index is -0.247. The molecule has 18 heavy (non-hydrogen) atoms. The van der Waals surface area contributed by atoms with E-state index in [1.807, 2.05) is 25.1 Å². The molecular formula is C14H19N3O. The van der Waals surface area contributed by atoms with Gasteiger partial charge in [0.2, 0.25) is 0 Å². The maximum Gasteiger partial charge on any atom is 0.0630 e. The summed E-state index contributed by atoms with van der Waals surface area (Å²) >= 11 is 0.